The van der Waals surface area contributed by atoms with Gasteiger partial charge in [0, 0.05) is 0 Å². The van der Waals surface area contributed by atoms with Crippen molar-refractivity contribution in [2.24, 2.45) is 0 Å². The van der Waals surface area contributed by atoms with E-state index in [0.29, 0.717) is 16.6 Å². The van der Waals surface area contributed by atoms with E-state index >= 15 is 0 Å². The largest absolute Gasteiger partial charge is 0.320 e. The zero-order valence-corrected chi connectivity index (χ0v) is 14.7. The van der Waals surface area contributed by atoms with Crippen molar-refractivity contribution in [2.75, 3.05) is 0 Å². The molecule has 2 aromatic heterocycles. The maximum Gasteiger partial charge on any atom is 0.277 e. The van der Waals surface area contributed by atoms with Gasteiger partial charge in [0.1, 0.15) is 11.6 Å². The van der Waals surface area contributed by atoms with Gasteiger partial charge in [-0.25, -0.2) is 14.4 Å². The van der Waals surface area contributed by atoms with Gasteiger partial charge in [-0.3, -0.25) is 4.79 Å². The van der Waals surface area contributed by atoms with E-state index in [4.69, 9.17) is 23.2 Å². The first-order chi connectivity index (χ1) is 12.5. The van der Waals surface area contributed by atoms with Gasteiger partial charge in [-0.2, -0.15) is 0 Å². The molecule has 2 heterocycles. The van der Waals surface area contributed by atoms with Crippen LogP contribution in [0.1, 0.15) is 5.56 Å². The highest BCUT2D eigenvalue weighted by Crippen LogP contribution is 2.27. The number of aromatic nitrogens is 4. The third kappa shape index (κ3) is 2.87. The van der Waals surface area contributed by atoms with Crippen LogP contribution < -0.4 is 5.56 Å². The van der Waals surface area contributed by atoms with E-state index in [1.807, 2.05) is 6.07 Å². The summed E-state index contributed by atoms with van der Waals surface area (Å²) in [6, 6.07) is 11.4. The minimum atomic E-state index is -0.472. The number of halogens is 3. The molecule has 0 amide bonds. The summed E-state index contributed by atoms with van der Waals surface area (Å²) in [5.41, 5.74) is 1.05. The second-order valence-electron chi connectivity index (χ2n) is 5.65. The molecular formula is C18H11Cl2FN4O. The maximum atomic E-state index is 14.0. The second-order valence-corrected chi connectivity index (χ2v) is 6.44. The van der Waals surface area contributed by atoms with Crippen molar-refractivity contribution in [1.29, 1.82) is 0 Å². The molecule has 0 aliphatic rings. The zero-order chi connectivity index (χ0) is 18.3. The van der Waals surface area contributed by atoms with Crippen LogP contribution >= 0.6 is 23.2 Å². The van der Waals surface area contributed by atoms with Gasteiger partial charge < -0.3 is 9.55 Å². The normalized spacial score (nSPS) is 11.2. The average Bonchev–Trinajstić information content (AvgIpc) is 3.03. The molecule has 0 saturated carbocycles. The van der Waals surface area contributed by atoms with Gasteiger partial charge in [0.15, 0.2) is 11.2 Å². The lowest BCUT2D eigenvalue weighted by Crippen LogP contribution is -2.14. The van der Waals surface area contributed by atoms with Crippen LogP contribution in [-0.2, 0) is 6.54 Å². The molecule has 0 radical (unpaired) electrons. The Morgan fingerprint density at radius 2 is 1.92 bits per heavy atom. The highest BCUT2D eigenvalue weighted by molar-refractivity contribution is 6.42. The van der Waals surface area contributed by atoms with E-state index in [0.717, 1.165) is 5.56 Å². The smallest absolute Gasteiger partial charge is 0.277 e. The van der Waals surface area contributed by atoms with Crippen LogP contribution in [0.3, 0.4) is 0 Å². The molecule has 2 aromatic carbocycles. The number of nitrogens with one attached hydrogen (secondary N) is 1. The van der Waals surface area contributed by atoms with Crippen molar-refractivity contribution in [3.05, 3.63) is 80.6 Å². The second kappa shape index (κ2) is 6.55. The van der Waals surface area contributed by atoms with E-state index in [9.17, 15) is 9.18 Å². The third-order valence-electron chi connectivity index (χ3n) is 3.98. The monoisotopic (exact) mass is 388 g/mol. The van der Waals surface area contributed by atoms with Crippen LogP contribution in [0.25, 0.3) is 22.6 Å². The molecule has 8 heteroatoms. The third-order valence-corrected chi connectivity index (χ3v) is 4.84. The van der Waals surface area contributed by atoms with E-state index in [2.05, 4.69) is 15.0 Å². The fourth-order valence-corrected chi connectivity index (χ4v) is 3.12. The van der Waals surface area contributed by atoms with Gasteiger partial charge in [-0.15, -0.1) is 0 Å². The Kier molecular flexibility index (Phi) is 4.22. The first-order valence-corrected chi connectivity index (χ1v) is 8.43. The number of fused-ring (bicyclic) bond motifs is 1. The summed E-state index contributed by atoms with van der Waals surface area (Å²) in [4.78, 5) is 23.6. The number of H-pyrrole nitrogens is 1. The first-order valence-electron chi connectivity index (χ1n) is 7.67. The number of benzene rings is 2. The summed E-state index contributed by atoms with van der Waals surface area (Å²) in [7, 11) is 0. The van der Waals surface area contributed by atoms with Gasteiger partial charge >= 0.3 is 0 Å². The SMILES string of the molecule is O=c1[nH]c(-c2ccccc2F)nc2ncn(Cc3cccc(Cl)c3Cl)c12. The molecule has 5 nitrogen and oxygen atoms in total. The minimum Gasteiger partial charge on any atom is -0.320 e. The van der Waals surface area contributed by atoms with Gasteiger partial charge in [0.05, 0.1) is 28.5 Å². The molecular weight excluding hydrogens is 378 g/mol. The van der Waals surface area contributed by atoms with Crippen molar-refractivity contribution in [3.63, 3.8) is 0 Å². The molecule has 0 atom stereocenters. The van der Waals surface area contributed by atoms with Crippen molar-refractivity contribution < 1.29 is 4.39 Å². The number of hydrogen-bond donors (Lipinski definition) is 1. The molecule has 0 aliphatic heterocycles. The van der Waals surface area contributed by atoms with Crippen LogP contribution in [0.2, 0.25) is 10.0 Å². The Morgan fingerprint density at radius 1 is 1.12 bits per heavy atom. The Bertz CT molecular complexity index is 1190. The predicted octanol–water partition coefficient (Wildman–Crippen LogP) is 4.28. The minimum absolute atomic E-state index is 0.131. The van der Waals surface area contributed by atoms with Crippen LogP contribution in [0.5, 0.6) is 0 Å². The highest BCUT2D eigenvalue weighted by Gasteiger charge is 2.15. The quantitative estimate of drug-likeness (QED) is 0.569. The Balaban J connectivity index is 1.81. The fraction of sp³-hybridized carbons (Fsp3) is 0.0556. The van der Waals surface area contributed by atoms with Crippen molar-refractivity contribution in [3.8, 4) is 11.4 Å². The summed E-state index contributed by atoms with van der Waals surface area (Å²) in [5, 5.41) is 0.853. The molecule has 0 aliphatic carbocycles. The van der Waals surface area contributed by atoms with E-state index in [-0.39, 0.29) is 22.6 Å². The standard InChI is InChI=1S/C18H11Cl2FN4O/c19-12-6-3-4-10(14(12)20)8-25-9-22-17-15(25)18(26)24-16(23-17)11-5-1-2-7-13(11)21/h1-7,9H,8H2,(H,23,24,26). The topological polar surface area (TPSA) is 63.6 Å². The lowest BCUT2D eigenvalue weighted by Gasteiger charge is -2.08. The summed E-state index contributed by atoms with van der Waals surface area (Å²) >= 11 is 12.2. The van der Waals surface area contributed by atoms with E-state index in [1.165, 1.54) is 12.4 Å². The maximum absolute atomic E-state index is 14.0. The summed E-state index contributed by atoms with van der Waals surface area (Å²) in [5.74, 6) is -0.341. The Morgan fingerprint density at radius 3 is 2.73 bits per heavy atom. The molecule has 0 saturated heterocycles. The number of imidazole rings is 1. The van der Waals surface area contributed by atoms with Crippen LogP contribution in [0.15, 0.2) is 53.6 Å². The van der Waals surface area contributed by atoms with E-state index in [1.54, 1.807) is 34.9 Å². The average molecular weight is 389 g/mol. The summed E-state index contributed by atoms with van der Waals surface area (Å²) in [6.07, 6.45) is 1.50. The van der Waals surface area contributed by atoms with Gasteiger partial charge in [0.25, 0.3) is 5.56 Å². The molecule has 0 unspecified atom stereocenters. The molecule has 26 heavy (non-hydrogen) atoms. The van der Waals surface area contributed by atoms with Gasteiger partial charge in [-0.1, -0.05) is 47.5 Å². The molecule has 0 fully saturated rings. The Labute approximate surface area is 157 Å². The first kappa shape index (κ1) is 16.8. The fourth-order valence-electron chi connectivity index (χ4n) is 2.74. The van der Waals surface area contributed by atoms with Crippen LogP contribution in [0, 0.1) is 5.82 Å². The zero-order valence-electron chi connectivity index (χ0n) is 13.2. The lowest BCUT2D eigenvalue weighted by molar-refractivity contribution is 0.630. The molecule has 130 valence electrons. The molecule has 1 N–H and O–H groups in total. The van der Waals surface area contributed by atoms with E-state index < -0.39 is 11.4 Å². The number of hydrogen-bond acceptors (Lipinski definition) is 3. The molecule has 0 bridgehead atoms. The Hall–Kier alpha value is -2.70. The predicted molar refractivity (Wildman–Crippen MR) is 99.1 cm³/mol. The molecule has 0 spiro atoms. The van der Waals surface area contributed by atoms with Crippen molar-refractivity contribution in [1.82, 2.24) is 19.5 Å². The van der Waals surface area contributed by atoms with Crippen LogP contribution in [-0.4, -0.2) is 19.5 Å². The van der Waals surface area contributed by atoms with Gasteiger partial charge in [-0.05, 0) is 23.8 Å². The van der Waals surface area contributed by atoms with Crippen molar-refractivity contribution in [2.45, 2.75) is 6.54 Å². The molecule has 4 rings (SSSR count). The summed E-state index contributed by atoms with van der Waals surface area (Å²) in [6.45, 7) is 0.305. The highest BCUT2D eigenvalue weighted by atomic mass is 35.5. The lowest BCUT2D eigenvalue weighted by atomic mass is 10.2. The molecule has 4 aromatic rings. The van der Waals surface area contributed by atoms with Gasteiger partial charge in [0.2, 0.25) is 0 Å². The van der Waals surface area contributed by atoms with Crippen molar-refractivity contribution >= 4 is 34.4 Å². The number of nitrogens with zero attached hydrogens (tertiary/aromatic N) is 3. The summed E-state index contributed by atoms with van der Waals surface area (Å²) < 4.78 is 15.6. The number of aromatic amines is 1. The van der Waals surface area contributed by atoms with Crippen LogP contribution in [0.4, 0.5) is 4.39 Å². The number of rotatable bonds is 3.